The lowest BCUT2D eigenvalue weighted by Gasteiger charge is -2.28. The quantitative estimate of drug-likeness (QED) is 0.224. The molecule has 36 heavy (non-hydrogen) atoms. The Labute approximate surface area is 214 Å². The van der Waals surface area contributed by atoms with Crippen LogP contribution in [0.2, 0.25) is 0 Å². The zero-order valence-corrected chi connectivity index (χ0v) is 21.8. The molecule has 206 valence electrons. The molecule has 2 fully saturated rings. The van der Waals surface area contributed by atoms with Crippen LogP contribution in [0.25, 0.3) is 0 Å². The third kappa shape index (κ3) is 11.2. The maximum atomic E-state index is 12.8. The molecule has 0 aromatic heterocycles. The number of likely N-dealkylation sites (N-methyl/N-ethyl adjacent to an activating group) is 1. The predicted molar refractivity (Wildman–Crippen MR) is 136 cm³/mol. The number of aliphatic hydroxyl groups is 1. The van der Waals surface area contributed by atoms with Crippen molar-refractivity contribution in [3.05, 3.63) is 0 Å². The van der Waals surface area contributed by atoms with Crippen LogP contribution < -0.4 is 16.0 Å². The molecule has 0 aromatic rings. The Morgan fingerprint density at radius 1 is 1.00 bits per heavy atom. The van der Waals surface area contributed by atoms with Gasteiger partial charge in [-0.25, -0.2) is 0 Å². The standard InChI is InChI=1S/C26H46N4O6/c1-2-30(24(33)10-6-9-19-11-13-27-14-12-19)17-23(32)29-22(16-25(34)35)26(36)28-21(18-31)15-20-7-4-3-5-8-20/h19-22,27,31H,2-18H2,1H3,(H,28,36)(H,29,32)(H,34,35)/t21-,22-/m0/s1. The largest absolute Gasteiger partial charge is 0.481 e. The van der Waals surface area contributed by atoms with Gasteiger partial charge in [-0.1, -0.05) is 32.1 Å². The van der Waals surface area contributed by atoms with E-state index in [0.717, 1.165) is 64.5 Å². The van der Waals surface area contributed by atoms with E-state index in [1.54, 1.807) is 6.92 Å². The fraction of sp³-hybridized carbons (Fsp3) is 0.846. The first-order valence-electron chi connectivity index (χ1n) is 13.7. The number of carbonyl (C=O) groups excluding carboxylic acids is 3. The van der Waals surface area contributed by atoms with Gasteiger partial charge in [-0.05, 0) is 64.0 Å². The molecule has 1 saturated carbocycles. The average molecular weight is 511 g/mol. The number of carboxylic acid groups (broad SMARTS) is 1. The van der Waals surface area contributed by atoms with Crippen LogP contribution >= 0.6 is 0 Å². The lowest BCUT2D eigenvalue weighted by atomic mass is 9.85. The third-order valence-corrected chi connectivity index (χ3v) is 7.47. The summed E-state index contributed by atoms with van der Waals surface area (Å²) in [5.74, 6) is -1.48. The van der Waals surface area contributed by atoms with Gasteiger partial charge in [0.2, 0.25) is 17.7 Å². The second kappa shape index (κ2) is 16.5. The Morgan fingerprint density at radius 2 is 1.69 bits per heavy atom. The van der Waals surface area contributed by atoms with Crippen LogP contribution in [0, 0.1) is 11.8 Å². The van der Waals surface area contributed by atoms with E-state index < -0.39 is 36.3 Å². The van der Waals surface area contributed by atoms with Crippen molar-refractivity contribution < 1.29 is 29.4 Å². The molecule has 2 rings (SSSR count). The normalized spacial score (nSPS) is 18.7. The molecule has 0 spiro atoms. The second-order valence-electron chi connectivity index (χ2n) is 10.3. The summed E-state index contributed by atoms with van der Waals surface area (Å²) in [6, 6.07) is -1.76. The number of carboxylic acids is 1. The first kappa shape index (κ1) is 30.0. The average Bonchev–Trinajstić information content (AvgIpc) is 2.87. The van der Waals surface area contributed by atoms with Crippen molar-refractivity contribution in [2.24, 2.45) is 11.8 Å². The maximum Gasteiger partial charge on any atom is 0.305 e. The van der Waals surface area contributed by atoms with Crippen LogP contribution in [-0.2, 0) is 19.2 Å². The molecule has 0 bridgehead atoms. The maximum absolute atomic E-state index is 12.8. The summed E-state index contributed by atoms with van der Waals surface area (Å²) >= 11 is 0. The highest BCUT2D eigenvalue weighted by Crippen LogP contribution is 2.27. The Bertz CT molecular complexity index is 707. The zero-order valence-electron chi connectivity index (χ0n) is 21.8. The van der Waals surface area contributed by atoms with Gasteiger partial charge in [0, 0.05) is 13.0 Å². The summed E-state index contributed by atoms with van der Waals surface area (Å²) in [6.07, 6.45) is 10.0. The number of carbonyl (C=O) groups is 4. The summed E-state index contributed by atoms with van der Waals surface area (Å²) in [5.41, 5.74) is 0. The number of hydrogen-bond acceptors (Lipinski definition) is 6. The lowest BCUT2D eigenvalue weighted by Crippen LogP contribution is -2.53. The molecule has 0 radical (unpaired) electrons. The molecule has 0 aromatic carbocycles. The first-order chi connectivity index (χ1) is 17.3. The van der Waals surface area contributed by atoms with Crippen LogP contribution in [0.3, 0.4) is 0 Å². The van der Waals surface area contributed by atoms with Crippen molar-refractivity contribution in [1.82, 2.24) is 20.9 Å². The number of hydrogen-bond donors (Lipinski definition) is 5. The number of aliphatic carboxylic acids is 1. The van der Waals surface area contributed by atoms with Crippen molar-refractivity contribution in [1.29, 1.82) is 0 Å². The monoisotopic (exact) mass is 510 g/mol. The van der Waals surface area contributed by atoms with E-state index in [0.29, 0.717) is 31.2 Å². The van der Waals surface area contributed by atoms with Crippen molar-refractivity contribution in [2.75, 3.05) is 32.8 Å². The molecular weight excluding hydrogens is 464 g/mol. The molecule has 1 aliphatic heterocycles. The van der Waals surface area contributed by atoms with E-state index in [9.17, 15) is 29.4 Å². The minimum atomic E-state index is -1.27. The fourth-order valence-electron chi connectivity index (χ4n) is 5.35. The summed E-state index contributed by atoms with van der Waals surface area (Å²) in [7, 11) is 0. The van der Waals surface area contributed by atoms with E-state index >= 15 is 0 Å². The summed E-state index contributed by atoms with van der Waals surface area (Å²) in [4.78, 5) is 50.9. The Hall–Kier alpha value is -2.20. The van der Waals surface area contributed by atoms with Gasteiger partial charge in [-0.15, -0.1) is 0 Å². The summed E-state index contributed by atoms with van der Waals surface area (Å²) < 4.78 is 0. The number of amides is 3. The molecule has 10 nitrogen and oxygen atoms in total. The molecule has 1 saturated heterocycles. The fourth-order valence-corrected chi connectivity index (χ4v) is 5.35. The minimum Gasteiger partial charge on any atom is -0.481 e. The summed E-state index contributed by atoms with van der Waals surface area (Å²) in [6.45, 7) is 3.71. The minimum absolute atomic E-state index is 0.117. The summed E-state index contributed by atoms with van der Waals surface area (Å²) in [5, 5.41) is 27.6. The molecule has 5 N–H and O–H groups in total. The molecule has 2 atom stereocenters. The molecule has 0 unspecified atom stereocenters. The Morgan fingerprint density at radius 3 is 2.31 bits per heavy atom. The van der Waals surface area contributed by atoms with Crippen molar-refractivity contribution in [2.45, 2.75) is 96.1 Å². The highest BCUT2D eigenvalue weighted by molar-refractivity contribution is 5.92. The van der Waals surface area contributed by atoms with E-state index in [1.807, 2.05) is 0 Å². The number of nitrogens with zero attached hydrogens (tertiary/aromatic N) is 1. The third-order valence-electron chi connectivity index (χ3n) is 7.47. The Balaban J connectivity index is 1.84. The van der Waals surface area contributed by atoms with Crippen LogP contribution in [0.5, 0.6) is 0 Å². The van der Waals surface area contributed by atoms with Gasteiger partial charge in [-0.3, -0.25) is 19.2 Å². The molecule has 1 aliphatic carbocycles. The molecule has 3 amide bonds. The number of rotatable bonds is 15. The van der Waals surface area contributed by atoms with E-state index in [1.165, 1.54) is 11.3 Å². The Kier molecular flexibility index (Phi) is 13.8. The van der Waals surface area contributed by atoms with Crippen molar-refractivity contribution >= 4 is 23.7 Å². The van der Waals surface area contributed by atoms with Gasteiger partial charge in [0.05, 0.1) is 25.6 Å². The second-order valence-corrected chi connectivity index (χ2v) is 10.3. The predicted octanol–water partition coefficient (Wildman–Crippen LogP) is 1.41. The van der Waals surface area contributed by atoms with Gasteiger partial charge in [0.1, 0.15) is 6.04 Å². The van der Waals surface area contributed by atoms with Gasteiger partial charge >= 0.3 is 5.97 Å². The van der Waals surface area contributed by atoms with E-state index in [2.05, 4.69) is 16.0 Å². The highest BCUT2D eigenvalue weighted by Gasteiger charge is 2.28. The zero-order chi connectivity index (χ0) is 26.3. The van der Waals surface area contributed by atoms with Crippen molar-refractivity contribution in [3.8, 4) is 0 Å². The number of nitrogens with one attached hydrogen (secondary N) is 3. The van der Waals surface area contributed by atoms with E-state index in [4.69, 9.17) is 0 Å². The van der Waals surface area contributed by atoms with Crippen LogP contribution in [0.4, 0.5) is 0 Å². The van der Waals surface area contributed by atoms with Gasteiger partial charge < -0.3 is 31.1 Å². The first-order valence-corrected chi connectivity index (χ1v) is 13.7. The molecule has 2 aliphatic rings. The van der Waals surface area contributed by atoms with Gasteiger partial charge in [0.15, 0.2) is 0 Å². The number of piperidine rings is 1. The molecule has 10 heteroatoms. The van der Waals surface area contributed by atoms with E-state index in [-0.39, 0.29) is 19.1 Å². The topological polar surface area (TPSA) is 148 Å². The number of aliphatic hydroxyl groups excluding tert-OH is 1. The van der Waals surface area contributed by atoms with Crippen LogP contribution in [0.1, 0.15) is 84.0 Å². The van der Waals surface area contributed by atoms with Crippen LogP contribution in [-0.4, -0.2) is 83.7 Å². The highest BCUT2D eigenvalue weighted by atomic mass is 16.4. The molecule has 1 heterocycles. The lowest BCUT2D eigenvalue weighted by molar-refractivity contribution is -0.142. The SMILES string of the molecule is CCN(CC(=O)N[C@@H](CC(=O)O)C(=O)N[C@H](CO)CC1CCCCC1)C(=O)CCCC1CCNCC1. The van der Waals surface area contributed by atoms with Gasteiger partial charge in [-0.2, -0.15) is 0 Å². The van der Waals surface area contributed by atoms with Gasteiger partial charge in [0.25, 0.3) is 0 Å². The van der Waals surface area contributed by atoms with Crippen molar-refractivity contribution in [3.63, 3.8) is 0 Å². The smallest absolute Gasteiger partial charge is 0.305 e. The van der Waals surface area contributed by atoms with Crippen LogP contribution in [0.15, 0.2) is 0 Å². The molecular formula is C26H46N4O6.